The Morgan fingerprint density at radius 3 is 2.82 bits per heavy atom. The molecule has 0 spiro atoms. The van der Waals surface area contributed by atoms with Crippen LogP contribution in [0.25, 0.3) is 11.0 Å². The molecule has 0 saturated carbocycles. The number of rotatable bonds is 2. The zero-order valence-corrected chi connectivity index (χ0v) is 9.65. The predicted molar refractivity (Wildman–Crippen MR) is 63.1 cm³/mol. The molecule has 17 heavy (non-hydrogen) atoms. The van der Waals surface area contributed by atoms with Crippen LogP contribution in [0.15, 0.2) is 33.5 Å². The molecular weight excluding hydrogens is 220 g/mol. The van der Waals surface area contributed by atoms with Gasteiger partial charge >= 0.3 is 11.6 Å². The van der Waals surface area contributed by atoms with Gasteiger partial charge in [0.15, 0.2) is 0 Å². The lowest BCUT2D eigenvalue weighted by Gasteiger charge is -2.04. The number of esters is 1. The first kappa shape index (κ1) is 11.4. The molecule has 0 N–H and O–H groups in total. The fourth-order valence-corrected chi connectivity index (χ4v) is 1.57. The monoisotopic (exact) mass is 232 g/mol. The number of benzene rings is 1. The number of hydrogen-bond acceptors (Lipinski definition) is 4. The zero-order valence-electron chi connectivity index (χ0n) is 9.65. The maximum atomic E-state index is 11.2. The molecule has 0 bridgehead atoms. The molecule has 1 aromatic carbocycles. The third-order valence-electron chi connectivity index (χ3n) is 2.44. The number of hydrogen-bond donors (Lipinski definition) is 0. The fourth-order valence-electron chi connectivity index (χ4n) is 1.57. The topological polar surface area (TPSA) is 56.5 Å². The first-order valence-corrected chi connectivity index (χ1v) is 5.35. The van der Waals surface area contributed by atoms with Crippen LogP contribution in [0.4, 0.5) is 0 Å². The van der Waals surface area contributed by atoms with Crippen molar-refractivity contribution in [3.63, 3.8) is 0 Å². The van der Waals surface area contributed by atoms with Gasteiger partial charge in [0.05, 0.1) is 0 Å². The van der Waals surface area contributed by atoms with E-state index < -0.39 is 5.63 Å². The van der Waals surface area contributed by atoms with E-state index in [-0.39, 0.29) is 5.97 Å². The fraction of sp³-hybridized carbons (Fsp3) is 0.231. The highest BCUT2D eigenvalue weighted by atomic mass is 16.5. The summed E-state index contributed by atoms with van der Waals surface area (Å²) in [6, 6.07) is 6.44. The Balaban J connectivity index is 2.50. The lowest BCUT2D eigenvalue weighted by atomic mass is 10.1. The molecule has 2 rings (SSSR count). The van der Waals surface area contributed by atoms with Gasteiger partial charge in [-0.15, -0.1) is 0 Å². The second kappa shape index (κ2) is 4.41. The average molecular weight is 232 g/mol. The molecular formula is C13H12O4. The van der Waals surface area contributed by atoms with E-state index in [0.29, 0.717) is 17.8 Å². The van der Waals surface area contributed by atoms with Crippen LogP contribution in [0.1, 0.15) is 18.9 Å². The van der Waals surface area contributed by atoms with Crippen molar-refractivity contribution < 1.29 is 13.9 Å². The lowest BCUT2D eigenvalue weighted by Crippen LogP contribution is -2.05. The Morgan fingerprint density at radius 2 is 2.12 bits per heavy atom. The summed E-state index contributed by atoms with van der Waals surface area (Å²) in [4.78, 5) is 22.4. The van der Waals surface area contributed by atoms with Crippen molar-refractivity contribution in [1.29, 1.82) is 0 Å². The van der Waals surface area contributed by atoms with Gasteiger partial charge in [0.1, 0.15) is 11.3 Å². The summed E-state index contributed by atoms with van der Waals surface area (Å²) in [5, 5.41) is 0.834. The summed E-state index contributed by atoms with van der Waals surface area (Å²) >= 11 is 0. The Bertz CT molecular complexity index is 625. The highest BCUT2D eigenvalue weighted by Crippen LogP contribution is 2.22. The molecule has 0 fully saturated rings. The van der Waals surface area contributed by atoms with Crippen molar-refractivity contribution in [3.05, 3.63) is 40.2 Å². The standard InChI is InChI=1S/C13H12O4/c1-3-12(14)16-9-4-5-10-8(2)6-13(15)17-11(10)7-9/h4-7H,3H2,1-2H3. The van der Waals surface area contributed by atoms with Crippen molar-refractivity contribution in [2.75, 3.05) is 0 Å². The molecule has 0 radical (unpaired) electrons. The van der Waals surface area contributed by atoms with Gasteiger partial charge in [-0.2, -0.15) is 0 Å². The normalized spacial score (nSPS) is 10.5. The summed E-state index contributed by atoms with van der Waals surface area (Å²) in [6.45, 7) is 3.55. The van der Waals surface area contributed by atoms with Crippen LogP contribution >= 0.6 is 0 Å². The van der Waals surface area contributed by atoms with Crippen LogP contribution < -0.4 is 10.4 Å². The summed E-state index contributed by atoms with van der Waals surface area (Å²) in [5.41, 5.74) is 0.856. The second-order valence-electron chi connectivity index (χ2n) is 3.73. The van der Waals surface area contributed by atoms with E-state index in [1.807, 2.05) is 6.92 Å². The maximum Gasteiger partial charge on any atom is 0.336 e. The van der Waals surface area contributed by atoms with Crippen LogP contribution in [0.3, 0.4) is 0 Å². The molecule has 2 aromatic rings. The number of ether oxygens (including phenoxy) is 1. The zero-order chi connectivity index (χ0) is 12.4. The Morgan fingerprint density at radius 1 is 1.35 bits per heavy atom. The van der Waals surface area contributed by atoms with Crippen LogP contribution in [-0.4, -0.2) is 5.97 Å². The van der Waals surface area contributed by atoms with E-state index in [9.17, 15) is 9.59 Å². The van der Waals surface area contributed by atoms with E-state index in [0.717, 1.165) is 10.9 Å². The quantitative estimate of drug-likeness (QED) is 0.453. The Labute approximate surface area is 97.8 Å². The highest BCUT2D eigenvalue weighted by molar-refractivity contribution is 5.82. The minimum atomic E-state index is -0.408. The molecule has 0 aliphatic heterocycles. The summed E-state index contributed by atoms with van der Waals surface area (Å²) < 4.78 is 10.1. The molecule has 0 atom stereocenters. The highest BCUT2D eigenvalue weighted by Gasteiger charge is 2.06. The van der Waals surface area contributed by atoms with Gasteiger partial charge < -0.3 is 9.15 Å². The van der Waals surface area contributed by atoms with Gasteiger partial charge in [0, 0.05) is 23.9 Å². The van der Waals surface area contributed by atoms with Gasteiger partial charge in [-0.1, -0.05) is 6.92 Å². The Kier molecular flexibility index (Phi) is 2.95. The molecule has 4 heteroatoms. The number of carbonyl (C=O) groups excluding carboxylic acids is 1. The Hall–Kier alpha value is -2.10. The smallest absolute Gasteiger partial charge is 0.336 e. The van der Waals surface area contributed by atoms with E-state index in [1.54, 1.807) is 25.1 Å². The molecule has 0 amide bonds. The van der Waals surface area contributed by atoms with Crippen molar-refractivity contribution in [1.82, 2.24) is 0 Å². The molecule has 1 aromatic heterocycles. The average Bonchev–Trinajstić information content (AvgIpc) is 2.28. The van der Waals surface area contributed by atoms with E-state index in [1.165, 1.54) is 6.07 Å². The number of carbonyl (C=O) groups is 1. The largest absolute Gasteiger partial charge is 0.426 e. The third-order valence-corrected chi connectivity index (χ3v) is 2.44. The molecule has 0 saturated heterocycles. The summed E-state index contributed by atoms with van der Waals surface area (Å²) in [7, 11) is 0. The molecule has 0 unspecified atom stereocenters. The van der Waals surface area contributed by atoms with Crippen LogP contribution in [0.5, 0.6) is 5.75 Å². The maximum absolute atomic E-state index is 11.2. The van der Waals surface area contributed by atoms with E-state index in [4.69, 9.17) is 9.15 Å². The van der Waals surface area contributed by atoms with Gasteiger partial charge in [-0.25, -0.2) is 4.79 Å². The van der Waals surface area contributed by atoms with Crippen LogP contribution in [0, 0.1) is 6.92 Å². The van der Waals surface area contributed by atoms with Gasteiger partial charge in [-0.05, 0) is 24.6 Å². The molecule has 4 nitrogen and oxygen atoms in total. The van der Waals surface area contributed by atoms with Gasteiger partial charge in [0.2, 0.25) is 0 Å². The third kappa shape index (κ3) is 2.36. The van der Waals surface area contributed by atoms with Gasteiger partial charge in [0.25, 0.3) is 0 Å². The molecule has 1 heterocycles. The molecule has 0 aliphatic carbocycles. The number of aryl methyl sites for hydroxylation is 1. The number of fused-ring (bicyclic) bond motifs is 1. The lowest BCUT2D eigenvalue weighted by molar-refractivity contribution is -0.134. The summed E-state index contributed by atoms with van der Waals surface area (Å²) in [5.74, 6) is 0.0671. The van der Waals surface area contributed by atoms with Crippen molar-refractivity contribution in [3.8, 4) is 5.75 Å². The summed E-state index contributed by atoms with van der Waals surface area (Å²) in [6.07, 6.45) is 0.301. The second-order valence-corrected chi connectivity index (χ2v) is 3.73. The molecule has 88 valence electrons. The van der Waals surface area contributed by atoms with Crippen molar-refractivity contribution in [2.24, 2.45) is 0 Å². The van der Waals surface area contributed by atoms with E-state index in [2.05, 4.69) is 0 Å². The minimum Gasteiger partial charge on any atom is -0.426 e. The molecule has 0 aliphatic rings. The van der Waals surface area contributed by atoms with Gasteiger partial charge in [-0.3, -0.25) is 4.79 Å². The van der Waals surface area contributed by atoms with Crippen molar-refractivity contribution >= 4 is 16.9 Å². The van der Waals surface area contributed by atoms with Crippen molar-refractivity contribution in [2.45, 2.75) is 20.3 Å². The first-order valence-electron chi connectivity index (χ1n) is 5.35. The predicted octanol–water partition coefficient (Wildman–Crippen LogP) is 2.42. The minimum absolute atomic E-state index is 0.301. The van der Waals surface area contributed by atoms with Crippen LogP contribution in [-0.2, 0) is 4.79 Å². The van der Waals surface area contributed by atoms with E-state index >= 15 is 0 Å². The SMILES string of the molecule is CCC(=O)Oc1ccc2c(C)cc(=O)oc2c1. The first-order chi connectivity index (χ1) is 8.10. The van der Waals surface area contributed by atoms with Crippen LogP contribution in [0.2, 0.25) is 0 Å².